The summed E-state index contributed by atoms with van der Waals surface area (Å²) in [6.45, 7) is 1.87. The summed E-state index contributed by atoms with van der Waals surface area (Å²) in [7, 11) is 0. The van der Waals surface area contributed by atoms with Gasteiger partial charge in [0, 0.05) is 5.39 Å². The molecule has 4 heteroatoms. The number of fused-ring (bicyclic) bond motifs is 1. The van der Waals surface area contributed by atoms with E-state index in [0.717, 1.165) is 16.6 Å². The fourth-order valence-corrected chi connectivity index (χ4v) is 2.32. The van der Waals surface area contributed by atoms with Gasteiger partial charge in [0.1, 0.15) is 17.3 Å². The van der Waals surface area contributed by atoms with E-state index in [1.165, 1.54) is 6.07 Å². The summed E-state index contributed by atoms with van der Waals surface area (Å²) in [5, 5.41) is 0.987. The zero-order valence-corrected chi connectivity index (χ0v) is 12.3. The summed E-state index contributed by atoms with van der Waals surface area (Å²) in [5.41, 5.74) is 1.68. The molecular weight excluding hydrogens is 321 g/mol. The molecule has 0 aliphatic heterocycles. The van der Waals surface area contributed by atoms with Crippen molar-refractivity contribution in [2.75, 3.05) is 0 Å². The molecule has 0 aliphatic carbocycles. The van der Waals surface area contributed by atoms with Crippen molar-refractivity contribution in [2.24, 2.45) is 0 Å². The van der Waals surface area contributed by atoms with Crippen LogP contribution in [0.5, 0.6) is 11.5 Å². The summed E-state index contributed by atoms with van der Waals surface area (Å²) >= 11 is 3.19. The van der Waals surface area contributed by atoms with E-state index in [0.29, 0.717) is 16.0 Å². The van der Waals surface area contributed by atoms with Crippen LogP contribution < -0.4 is 4.74 Å². The second-order valence-corrected chi connectivity index (χ2v) is 5.21. The number of para-hydroxylation sites is 1. The zero-order valence-electron chi connectivity index (χ0n) is 10.7. The molecule has 0 amide bonds. The molecule has 20 heavy (non-hydrogen) atoms. The van der Waals surface area contributed by atoms with Crippen LogP contribution in [0, 0.1) is 12.7 Å². The standard InChI is InChI=1S/C16H11BrFNO/c1-10-15(9-11-5-2-3-7-13(11)19-10)20-14-8-4-6-12(18)16(14)17/h2-9H,1H3. The number of halogens is 2. The van der Waals surface area contributed by atoms with Gasteiger partial charge >= 0.3 is 0 Å². The van der Waals surface area contributed by atoms with Crippen LogP contribution in [0.3, 0.4) is 0 Å². The lowest BCUT2D eigenvalue weighted by molar-refractivity contribution is 0.467. The molecule has 0 atom stereocenters. The minimum Gasteiger partial charge on any atom is -0.454 e. The van der Waals surface area contributed by atoms with Crippen molar-refractivity contribution < 1.29 is 9.13 Å². The van der Waals surface area contributed by atoms with Crippen molar-refractivity contribution in [3.05, 3.63) is 64.5 Å². The van der Waals surface area contributed by atoms with Gasteiger partial charge in [-0.25, -0.2) is 9.37 Å². The van der Waals surface area contributed by atoms with E-state index in [9.17, 15) is 4.39 Å². The number of rotatable bonds is 2. The van der Waals surface area contributed by atoms with Gasteiger partial charge in [0.2, 0.25) is 0 Å². The van der Waals surface area contributed by atoms with Gasteiger partial charge in [0.15, 0.2) is 0 Å². The van der Waals surface area contributed by atoms with Gasteiger partial charge in [-0.1, -0.05) is 24.3 Å². The summed E-state index contributed by atoms with van der Waals surface area (Å²) < 4.78 is 19.6. The number of benzene rings is 2. The normalized spacial score (nSPS) is 10.8. The van der Waals surface area contributed by atoms with Crippen LogP contribution >= 0.6 is 15.9 Å². The first-order valence-corrected chi connectivity index (χ1v) is 6.93. The van der Waals surface area contributed by atoms with Crippen molar-refractivity contribution in [2.45, 2.75) is 6.92 Å². The Balaban J connectivity index is 2.06. The predicted octanol–water partition coefficient (Wildman–Crippen LogP) is 5.24. The maximum Gasteiger partial charge on any atom is 0.149 e. The molecule has 0 bridgehead atoms. The zero-order chi connectivity index (χ0) is 14.1. The van der Waals surface area contributed by atoms with Crippen LogP contribution in [0.1, 0.15) is 5.69 Å². The maximum atomic E-state index is 13.5. The lowest BCUT2D eigenvalue weighted by Gasteiger charge is -2.11. The van der Waals surface area contributed by atoms with E-state index < -0.39 is 0 Å². The van der Waals surface area contributed by atoms with Gasteiger partial charge in [0.05, 0.1) is 15.7 Å². The number of nitrogens with zero attached hydrogens (tertiary/aromatic N) is 1. The summed E-state index contributed by atoms with van der Waals surface area (Å²) in [6, 6.07) is 14.4. The molecule has 0 unspecified atom stereocenters. The third kappa shape index (κ3) is 2.39. The largest absolute Gasteiger partial charge is 0.454 e. The van der Waals surface area contributed by atoms with Crippen LogP contribution in [0.4, 0.5) is 4.39 Å². The Bertz CT molecular complexity index is 789. The van der Waals surface area contributed by atoms with Crippen molar-refractivity contribution in [3.63, 3.8) is 0 Å². The Morgan fingerprint density at radius 3 is 2.70 bits per heavy atom. The van der Waals surface area contributed by atoms with Crippen molar-refractivity contribution in [1.29, 1.82) is 0 Å². The SMILES string of the molecule is Cc1nc2ccccc2cc1Oc1cccc(F)c1Br. The first-order chi connectivity index (χ1) is 9.65. The maximum absolute atomic E-state index is 13.5. The molecular formula is C16H11BrFNO. The highest BCUT2D eigenvalue weighted by Gasteiger charge is 2.10. The van der Waals surface area contributed by atoms with Gasteiger partial charge in [-0.05, 0) is 47.1 Å². The highest BCUT2D eigenvalue weighted by molar-refractivity contribution is 9.10. The highest BCUT2D eigenvalue weighted by Crippen LogP contribution is 2.33. The predicted molar refractivity (Wildman–Crippen MR) is 80.7 cm³/mol. The van der Waals surface area contributed by atoms with Crippen LogP contribution in [0.25, 0.3) is 10.9 Å². The first kappa shape index (κ1) is 13.1. The van der Waals surface area contributed by atoms with E-state index >= 15 is 0 Å². The number of ether oxygens (including phenoxy) is 1. The second-order valence-electron chi connectivity index (χ2n) is 4.42. The number of aryl methyl sites for hydroxylation is 1. The molecule has 0 fully saturated rings. The Morgan fingerprint density at radius 1 is 1.05 bits per heavy atom. The van der Waals surface area contributed by atoms with Crippen molar-refractivity contribution >= 4 is 26.8 Å². The molecule has 2 nitrogen and oxygen atoms in total. The third-order valence-electron chi connectivity index (χ3n) is 3.00. The van der Waals surface area contributed by atoms with E-state index in [-0.39, 0.29) is 5.82 Å². The van der Waals surface area contributed by atoms with Gasteiger partial charge in [-0.15, -0.1) is 0 Å². The van der Waals surface area contributed by atoms with E-state index in [1.807, 2.05) is 37.3 Å². The fourth-order valence-electron chi connectivity index (χ4n) is 1.98. The van der Waals surface area contributed by atoms with E-state index in [1.54, 1.807) is 12.1 Å². The molecule has 0 saturated carbocycles. The third-order valence-corrected chi connectivity index (χ3v) is 3.77. The minimum atomic E-state index is -0.353. The van der Waals surface area contributed by atoms with Gasteiger partial charge in [-0.3, -0.25) is 0 Å². The Hall–Kier alpha value is -1.94. The summed E-state index contributed by atoms with van der Waals surface area (Å²) in [5.74, 6) is 0.703. The highest BCUT2D eigenvalue weighted by atomic mass is 79.9. The quantitative estimate of drug-likeness (QED) is 0.640. The van der Waals surface area contributed by atoms with Gasteiger partial charge in [-0.2, -0.15) is 0 Å². The topological polar surface area (TPSA) is 22.1 Å². The summed E-state index contributed by atoms with van der Waals surface area (Å²) in [4.78, 5) is 4.49. The monoisotopic (exact) mass is 331 g/mol. The molecule has 0 aliphatic rings. The van der Waals surface area contributed by atoms with Gasteiger partial charge in [0.25, 0.3) is 0 Å². The molecule has 3 rings (SSSR count). The Labute approximate surface area is 124 Å². The number of aromatic nitrogens is 1. The molecule has 0 radical (unpaired) electrons. The van der Waals surface area contributed by atoms with Crippen LogP contribution in [0.2, 0.25) is 0 Å². The molecule has 100 valence electrons. The molecule has 2 aromatic carbocycles. The molecule has 1 aromatic heterocycles. The van der Waals surface area contributed by atoms with Crippen molar-refractivity contribution in [1.82, 2.24) is 4.98 Å². The average molecular weight is 332 g/mol. The fraction of sp³-hybridized carbons (Fsp3) is 0.0625. The number of pyridine rings is 1. The van der Waals surface area contributed by atoms with Crippen molar-refractivity contribution in [3.8, 4) is 11.5 Å². The lowest BCUT2D eigenvalue weighted by Crippen LogP contribution is -1.93. The van der Waals surface area contributed by atoms with Crippen LogP contribution in [0.15, 0.2) is 53.0 Å². The Kier molecular flexibility index (Phi) is 3.40. The molecule has 0 saturated heterocycles. The second kappa shape index (κ2) is 5.21. The first-order valence-electron chi connectivity index (χ1n) is 6.13. The smallest absolute Gasteiger partial charge is 0.149 e. The van der Waals surface area contributed by atoms with Gasteiger partial charge < -0.3 is 4.74 Å². The lowest BCUT2D eigenvalue weighted by atomic mass is 10.2. The minimum absolute atomic E-state index is 0.313. The molecule has 1 heterocycles. The van der Waals surface area contributed by atoms with E-state index in [2.05, 4.69) is 20.9 Å². The Morgan fingerprint density at radius 2 is 1.85 bits per heavy atom. The molecule has 3 aromatic rings. The van der Waals surface area contributed by atoms with E-state index in [4.69, 9.17) is 4.74 Å². The number of hydrogen-bond acceptors (Lipinski definition) is 2. The average Bonchev–Trinajstić information content (AvgIpc) is 2.44. The van der Waals surface area contributed by atoms with Crippen LogP contribution in [-0.2, 0) is 0 Å². The number of hydrogen-bond donors (Lipinski definition) is 0. The van der Waals surface area contributed by atoms with Crippen LogP contribution in [-0.4, -0.2) is 4.98 Å². The molecule has 0 N–H and O–H groups in total. The summed E-state index contributed by atoms with van der Waals surface area (Å²) in [6.07, 6.45) is 0. The molecule has 0 spiro atoms.